The highest BCUT2D eigenvalue weighted by Gasteiger charge is 2.62. The van der Waals surface area contributed by atoms with Gasteiger partial charge in [-0.2, -0.15) is 0 Å². The minimum absolute atomic E-state index is 0.187. The minimum Gasteiger partial charge on any atom is -0.458 e. The van der Waals surface area contributed by atoms with Crippen LogP contribution in [0.4, 0.5) is 9.18 Å². The average Bonchev–Trinajstić information content (AvgIpc) is 3.82. The van der Waals surface area contributed by atoms with Gasteiger partial charge in [0.1, 0.15) is 24.8 Å². The molecule has 1 aromatic carbocycles. The van der Waals surface area contributed by atoms with E-state index in [9.17, 15) is 32.3 Å². The number of halogens is 1. The van der Waals surface area contributed by atoms with Crippen LogP contribution in [0, 0.1) is 23.7 Å². The Bertz CT molecular complexity index is 2240. The molecule has 1 amide bonds. The van der Waals surface area contributed by atoms with E-state index in [4.69, 9.17) is 28.7 Å². The molecule has 5 heterocycles. The number of hydrogen-bond acceptors (Lipinski definition) is 15. The molecule has 3 fully saturated rings. The van der Waals surface area contributed by atoms with Gasteiger partial charge in [0.25, 0.3) is 0 Å². The number of carbonyl (C=O) groups excluding carboxylic acids is 3. The summed E-state index contributed by atoms with van der Waals surface area (Å²) in [6.45, 7) is 18.6. The molecule has 372 valence electrons. The van der Waals surface area contributed by atoms with Crippen LogP contribution < -0.4 is 0 Å². The molecule has 15 atom stereocenters. The van der Waals surface area contributed by atoms with Crippen molar-refractivity contribution < 1.29 is 56.0 Å². The summed E-state index contributed by atoms with van der Waals surface area (Å²) in [4.78, 5) is 51.3. The first-order chi connectivity index (χ1) is 31.5. The van der Waals surface area contributed by atoms with Crippen LogP contribution in [-0.2, 0) is 56.0 Å². The number of amides is 1. The van der Waals surface area contributed by atoms with Crippen molar-refractivity contribution in [3.05, 3.63) is 54.4 Å². The second-order valence-electron chi connectivity index (χ2n) is 19.6. The molecule has 1 unspecified atom stereocenters. The third-order valence-corrected chi connectivity index (χ3v) is 15.9. The number of rotatable bonds is 14. The fourth-order valence-corrected chi connectivity index (χ4v) is 11.5. The van der Waals surface area contributed by atoms with Gasteiger partial charge in [0.15, 0.2) is 27.5 Å². The summed E-state index contributed by atoms with van der Waals surface area (Å²) >= 11 is 0. The molecule has 4 aliphatic heterocycles. The van der Waals surface area contributed by atoms with Crippen LogP contribution in [0.25, 0.3) is 0 Å². The number of esters is 1. The number of ketones is 1. The molecule has 17 nitrogen and oxygen atoms in total. The number of aliphatic imine (C=N–C) groups is 1. The topological polar surface area (TPSA) is 201 Å². The van der Waals surface area contributed by atoms with Gasteiger partial charge in [0.2, 0.25) is 0 Å². The van der Waals surface area contributed by atoms with E-state index in [0.717, 1.165) is 17.5 Å². The number of nitrogens with zero attached hydrogens (tertiary/aromatic N) is 6. The second kappa shape index (κ2) is 20.8. The molecule has 2 bridgehead atoms. The molecule has 0 spiro atoms. The highest BCUT2D eigenvalue weighted by molar-refractivity contribution is 7.90. The van der Waals surface area contributed by atoms with Crippen molar-refractivity contribution in [3.63, 3.8) is 0 Å². The van der Waals surface area contributed by atoms with Gasteiger partial charge in [-0.15, -0.1) is 11.7 Å². The van der Waals surface area contributed by atoms with Crippen LogP contribution in [0.2, 0.25) is 0 Å². The molecule has 67 heavy (non-hydrogen) atoms. The summed E-state index contributed by atoms with van der Waals surface area (Å²) in [5.74, 6) is -4.04. The zero-order valence-corrected chi connectivity index (χ0v) is 41.6. The Hall–Kier alpha value is -4.14. The number of aromatic nitrogens is 3. The molecule has 1 N–H and O–H groups in total. The van der Waals surface area contributed by atoms with Crippen molar-refractivity contribution in [1.82, 2.24) is 24.8 Å². The Kier molecular flexibility index (Phi) is 16.2. The van der Waals surface area contributed by atoms with E-state index in [1.165, 1.54) is 23.7 Å². The first-order valence-electron chi connectivity index (χ1n) is 23.4. The van der Waals surface area contributed by atoms with E-state index < -0.39 is 106 Å². The highest BCUT2D eigenvalue weighted by atomic mass is 32.2. The molecule has 2 aromatic rings. The van der Waals surface area contributed by atoms with Gasteiger partial charge in [0, 0.05) is 56.1 Å². The van der Waals surface area contributed by atoms with E-state index in [0.29, 0.717) is 37.9 Å². The monoisotopic (exact) mass is 958 g/mol. The molecular weight excluding hydrogens is 888 g/mol. The van der Waals surface area contributed by atoms with Crippen LogP contribution in [0.1, 0.15) is 92.0 Å². The van der Waals surface area contributed by atoms with Crippen LogP contribution in [-0.4, -0.2) is 162 Å². The van der Waals surface area contributed by atoms with Gasteiger partial charge < -0.3 is 33.7 Å². The number of hydrogen-bond donors (Lipinski definition) is 1. The van der Waals surface area contributed by atoms with E-state index in [1.807, 2.05) is 46.6 Å². The standard InChI is InChI=1S/C48H71FN6O11S/c1-13-34-25-50-39-27(3)23-47(8,62-11)43(30(6)40(56)31(7)44(58)64-38(14-2)48(9)42(29(39)5)55(34)46(59)66-48)65-45-41(57)37(21-28(4)63-45)53(10)20-19-33-26-54(52-51-33)35(24-49)22-32-15-17-36(18-16-32)67(12,60)61/h13,15-18,26-31,34-35,37-38,41-43,45,57H,1,14,19-25H2,2-12H3/t27-,28-,29+,30+,31-,34?,35+,37+,38-,41-,42-,43-,45+,47-,48-/m1/s1. The van der Waals surface area contributed by atoms with Crippen molar-refractivity contribution in [2.75, 3.05) is 40.2 Å². The lowest BCUT2D eigenvalue weighted by molar-refractivity contribution is -0.295. The Morgan fingerprint density at radius 1 is 1.10 bits per heavy atom. The van der Waals surface area contributed by atoms with Gasteiger partial charge >= 0.3 is 12.1 Å². The largest absolute Gasteiger partial charge is 0.458 e. The number of fused-ring (bicyclic) bond motifs is 1. The highest BCUT2D eigenvalue weighted by Crippen LogP contribution is 2.45. The number of alkyl halides is 1. The third kappa shape index (κ3) is 10.7. The zero-order valence-electron chi connectivity index (χ0n) is 40.8. The number of sulfone groups is 1. The molecule has 0 saturated carbocycles. The van der Waals surface area contributed by atoms with E-state index in [1.54, 1.807) is 50.3 Å². The van der Waals surface area contributed by atoms with Crippen molar-refractivity contribution in [2.45, 2.75) is 158 Å². The fraction of sp³-hybridized carbons (Fsp3) is 0.708. The summed E-state index contributed by atoms with van der Waals surface area (Å²) in [6, 6.07) is 4.18. The summed E-state index contributed by atoms with van der Waals surface area (Å²) in [6.07, 6.45) is 1.07. The molecule has 1 aromatic heterocycles. The van der Waals surface area contributed by atoms with Crippen LogP contribution in [0.5, 0.6) is 0 Å². The van der Waals surface area contributed by atoms with Crippen molar-refractivity contribution in [2.24, 2.45) is 28.7 Å². The number of methoxy groups -OCH3 is 1. The maximum atomic E-state index is 14.5. The molecule has 0 radical (unpaired) electrons. The second-order valence-corrected chi connectivity index (χ2v) is 21.7. The summed E-state index contributed by atoms with van der Waals surface area (Å²) in [5, 5.41) is 20.6. The number of likely N-dealkylation sites (N-methyl/N-ethyl adjacent to an activating group) is 1. The predicted molar refractivity (Wildman–Crippen MR) is 247 cm³/mol. The molecule has 0 aliphatic carbocycles. The normalized spacial score (nSPS) is 35.9. The quantitative estimate of drug-likeness (QED) is 0.151. The number of aliphatic hydroxyl groups is 1. The van der Waals surface area contributed by atoms with Gasteiger partial charge in [-0.25, -0.2) is 22.3 Å². The zero-order chi connectivity index (χ0) is 49.3. The average molecular weight is 959 g/mol. The first-order valence-corrected chi connectivity index (χ1v) is 25.3. The van der Waals surface area contributed by atoms with E-state index >= 15 is 0 Å². The van der Waals surface area contributed by atoms with Gasteiger partial charge in [-0.3, -0.25) is 19.5 Å². The molecule has 3 saturated heterocycles. The molecule has 6 rings (SSSR count). The smallest absolute Gasteiger partial charge is 0.411 e. The van der Waals surface area contributed by atoms with Gasteiger partial charge in [-0.05, 0) is 84.0 Å². The number of aliphatic hydroxyl groups excluding tert-OH is 1. The van der Waals surface area contributed by atoms with Crippen molar-refractivity contribution in [3.8, 4) is 0 Å². The van der Waals surface area contributed by atoms with Crippen LogP contribution in [0.15, 0.2) is 53.0 Å². The number of benzene rings is 1. The van der Waals surface area contributed by atoms with E-state index in [2.05, 4.69) is 16.9 Å². The number of Topliss-reactive ketones (excluding diaryl/α,β-unsaturated/α-hetero) is 1. The molecule has 4 aliphatic rings. The fourth-order valence-electron chi connectivity index (χ4n) is 10.9. The lowest BCUT2D eigenvalue weighted by atomic mass is 9.73. The molecular formula is C48H71FN6O11S. The van der Waals surface area contributed by atoms with Crippen molar-refractivity contribution >= 4 is 33.4 Å². The number of carbonyl (C=O) groups is 3. The summed E-state index contributed by atoms with van der Waals surface area (Å²) < 4.78 is 71.5. The summed E-state index contributed by atoms with van der Waals surface area (Å²) in [7, 11) is 0.0616. The Morgan fingerprint density at radius 2 is 1.79 bits per heavy atom. The van der Waals surface area contributed by atoms with Gasteiger partial charge in [0.05, 0.1) is 53.1 Å². The molecule has 19 heteroatoms. The first kappa shape index (κ1) is 52.2. The Balaban J connectivity index is 1.23. The lowest BCUT2D eigenvalue weighted by Crippen LogP contribution is -2.60. The number of cyclic esters (lactones) is 1. The third-order valence-electron chi connectivity index (χ3n) is 14.8. The predicted octanol–water partition coefficient (Wildman–Crippen LogP) is 4.99. The minimum atomic E-state index is -3.36. The lowest BCUT2D eigenvalue weighted by Gasteiger charge is -2.47. The van der Waals surface area contributed by atoms with Gasteiger partial charge in [-0.1, -0.05) is 51.1 Å². The maximum absolute atomic E-state index is 14.5. The van der Waals surface area contributed by atoms with Crippen LogP contribution >= 0.6 is 0 Å². The maximum Gasteiger partial charge on any atom is 0.411 e. The Morgan fingerprint density at radius 3 is 2.40 bits per heavy atom. The van der Waals surface area contributed by atoms with Crippen LogP contribution in [0.3, 0.4) is 0 Å². The van der Waals surface area contributed by atoms with E-state index in [-0.39, 0.29) is 35.8 Å². The summed E-state index contributed by atoms with van der Waals surface area (Å²) in [5.41, 5.74) is -0.298. The number of ether oxygens (including phenoxy) is 5. The SMILES string of the molecule is C=CC1CN=C2[C@H](C)C[C@@](C)(OC)[C@H](O[C@@H]3O[C@H](C)C[C@H](N(C)CCc4cn([C@H](CF)Cc5ccc(S(C)(=O)=O)cc5)nn4)[C@H]3O)[C@@H](C)C(=O)[C@@H](C)C(=O)O[C@H](CC)[C@@]3(C)OC(=O)N1[C@@H]3[C@H]2C. The Labute approximate surface area is 394 Å². The van der Waals surface area contributed by atoms with Crippen molar-refractivity contribution in [1.29, 1.82) is 0 Å².